The van der Waals surface area contributed by atoms with E-state index in [4.69, 9.17) is 0 Å². The van der Waals surface area contributed by atoms with Gasteiger partial charge in [-0.05, 0) is 27.9 Å². The standard InChI is InChI=1S/C14H22N4O2S/c1-10-6-18-11(7-21-13(18)16-10)5-12(19)15-8-14(2,20)9-17(3)4/h6-7,20H,5,8-9H2,1-4H3,(H,15,19). The van der Waals surface area contributed by atoms with Gasteiger partial charge in [0.2, 0.25) is 5.91 Å². The molecule has 21 heavy (non-hydrogen) atoms. The fourth-order valence-electron chi connectivity index (χ4n) is 2.32. The Balaban J connectivity index is 1.93. The lowest BCUT2D eigenvalue weighted by atomic mass is 10.1. The number of nitrogens with one attached hydrogen (secondary N) is 1. The largest absolute Gasteiger partial charge is 0.387 e. The van der Waals surface area contributed by atoms with Crippen LogP contribution in [0, 0.1) is 6.92 Å². The average molecular weight is 310 g/mol. The van der Waals surface area contributed by atoms with Gasteiger partial charge in [0.05, 0.1) is 17.7 Å². The van der Waals surface area contributed by atoms with Crippen molar-refractivity contribution in [2.45, 2.75) is 25.9 Å². The van der Waals surface area contributed by atoms with Gasteiger partial charge >= 0.3 is 0 Å². The number of carbonyl (C=O) groups excluding carboxylic acids is 1. The molecule has 0 saturated carbocycles. The molecule has 2 heterocycles. The van der Waals surface area contributed by atoms with Crippen molar-refractivity contribution < 1.29 is 9.90 Å². The summed E-state index contributed by atoms with van der Waals surface area (Å²) >= 11 is 1.52. The van der Waals surface area contributed by atoms with Crippen molar-refractivity contribution in [1.29, 1.82) is 0 Å². The minimum Gasteiger partial charge on any atom is -0.387 e. The number of nitrogens with zero attached hydrogens (tertiary/aromatic N) is 3. The van der Waals surface area contributed by atoms with Crippen molar-refractivity contribution in [2.24, 2.45) is 0 Å². The Labute approximate surface area is 128 Å². The molecule has 0 aliphatic carbocycles. The normalized spacial score (nSPS) is 14.6. The highest BCUT2D eigenvalue weighted by Gasteiger charge is 2.22. The molecule has 116 valence electrons. The molecule has 1 amide bonds. The van der Waals surface area contributed by atoms with E-state index in [1.165, 1.54) is 11.3 Å². The van der Waals surface area contributed by atoms with Gasteiger partial charge in [-0.1, -0.05) is 0 Å². The smallest absolute Gasteiger partial charge is 0.226 e. The Morgan fingerprint density at radius 3 is 2.95 bits per heavy atom. The number of fused-ring (bicyclic) bond motifs is 1. The summed E-state index contributed by atoms with van der Waals surface area (Å²) in [5.74, 6) is -0.0971. The van der Waals surface area contributed by atoms with Crippen LogP contribution in [0.1, 0.15) is 18.3 Å². The van der Waals surface area contributed by atoms with E-state index in [-0.39, 0.29) is 18.9 Å². The van der Waals surface area contributed by atoms with E-state index in [0.29, 0.717) is 6.54 Å². The number of hydrogen-bond acceptors (Lipinski definition) is 5. The van der Waals surface area contributed by atoms with Gasteiger partial charge in [0.25, 0.3) is 0 Å². The summed E-state index contributed by atoms with van der Waals surface area (Å²) in [7, 11) is 3.78. The van der Waals surface area contributed by atoms with Crippen molar-refractivity contribution in [3.05, 3.63) is 23.0 Å². The van der Waals surface area contributed by atoms with E-state index < -0.39 is 5.60 Å². The molecular weight excluding hydrogens is 288 g/mol. The van der Waals surface area contributed by atoms with Crippen molar-refractivity contribution in [3.8, 4) is 0 Å². The molecule has 0 spiro atoms. The second-order valence-corrected chi connectivity index (χ2v) is 6.79. The second kappa shape index (κ2) is 6.13. The molecule has 6 nitrogen and oxygen atoms in total. The maximum absolute atomic E-state index is 12.0. The molecule has 2 N–H and O–H groups in total. The van der Waals surface area contributed by atoms with Crippen LogP contribution in [-0.4, -0.2) is 58.1 Å². The van der Waals surface area contributed by atoms with Crippen molar-refractivity contribution in [2.75, 3.05) is 27.2 Å². The molecule has 0 aliphatic heterocycles. The van der Waals surface area contributed by atoms with Crippen LogP contribution in [0.25, 0.3) is 4.96 Å². The van der Waals surface area contributed by atoms with Crippen LogP contribution in [0.2, 0.25) is 0 Å². The summed E-state index contributed by atoms with van der Waals surface area (Å²) in [4.78, 5) is 19.2. The van der Waals surface area contributed by atoms with E-state index in [0.717, 1.165) is 16.3 Å². The molecule has 2 aromatic rings. The van der Waals surface area contributed by atoms with Crippen LogP contribution in [0.15, 0.2) is 11.6 Å². The molecule has 0 aromatic carbocycles. The molecule has 1 unspecified atom stereocenters. The number of likely N-dealkylation sites (N-methyl/N-ethyl adjacent to an activating group) is 1. The van der Waals surface area contributed by atoms with E-state index >= 15 is 0 Å². The first-order chi connectivity index (χ1) is 9.77. The van der Waals surface area contributed by atoms with Gasteiger partial charge < -0.3 is 15.3 Å². The molecule has 2 aromatic heterocycles. The van der Waals surface area contributed by atoms with Crippen LogP contribution >= 0.6 is 11.3 Å². The quantitative estimate of drug-likeness (QED) is 0.823. The second-order valence-electron chi connectivity index (χ2n) is 5.95. The number of imidazole rings is 1. The SMILES string of the molecule is Cc1cn2c(CC(=O)NCC(C)(O)CN(C)C)csc2n1. The summed E-state index contributed by atoms with van der Waals surface area (Å²) in [5.41, 5.74) is 0.923. The summed E-state index contributed by atoms with van der Waals surface area (Å²) in [6.07, 6.45) is 2.21. The maximum atomic E-state index is 12.0. The summed E-state index contributed by atoms with van der Waals surface area (Å²) in [6, 6.07) is 0. The van der Waals surface area contributed by atoms with Crippen LogP contribution in [0.3, 0.4) is 0 Å². The van der Waals surface area contributed by atoms with Crippen molar-refractivity contribution in [3.63, 3.8) is 0 Å². The average Bonchev–Trinajstić information content (AvgIpc) is 2.86. The predicted octanol–water partition coefficient (Wildman–Crippen LogP) is 0.676. The lowest BCUT2D eigenvalue weighted by Gasteiger charge is -2.27. The van der Waals surface area contributed by atoms with Crippen LogP contribution in [0.4, 0.5) is 0 Å². The fraction of sp³-hybridized carbons (Fsp3) is 0.571. The number of aliphatic hydroxyl groups is 1. The van der Waals surface area contributed by atoms with Gasteiger partial charge in [0.15, 0.2) is 4.96 Å². The summed E-state index contributed by atoms with van der Waals surface area (Å²) in [5, 5.41) is 14.9. The molecule has 1 atom stereocenters. The van der Waals surface area contributed by atoms with Crippen LogP contribution in [-0.2, 0) is 11.2 Å². The Hall–Kier alpha value is -1.44. The molecule has 7 heteroatoms. The first-order valence-corrected chi connectivity index (χ1v) is 7.71. The van der Waals surface area contributed by atoms with Gasteiger partial charge in [0, 0.05) is 30.4 Å². The number of thiazole rings is 1. The predicted molar refractivity (Wildman–Crippen MR) is 83.7 cm³/mol. The van der Waals surface area contributed by atoms with E-state index in [2.05, 4.69) is 10.3 Å². The van der Waals surface area contributed by atoms with Crippen molar-refractivity contribution in [1.82, 2.24) is 19.6 Å². The Bertz CT molecular complexity index is 630. The third-order valence-corrected chi connectivity index (χ3v) is 3.96. The first-order valence-electron chi connectivity index (χ1n) is 6.83. The molecule has 0 aliphatic rings. The van der Waals surface area contributed by atoms with E-state index in [1.54, 1.807) is 6.92 Å². The first kappa shape index (κ1) is 15.9. The third kappa shape index (κ3) is 4.26. The summed E-state index contributed by atoms with van der Waals surface area (Å²) in [6.45, 7) is 4.38. The zero-order chi connectivity index (χ0) is 15.6. The fourth-order valence-corrected chi connectivity index (χ4v) is 3.24. The van der Waals surface area contributed by atoms with Gasteiger partial charge in [-0.25, -0.2) is 4.98 Å². The van der Waals surface area contributed by atoms with Gasteiger partial charge in [-0.3, -0.25) is 9.20 Å². The lowest BCUT2D eigenvalue weighted by Crippen LogP contribution is -2.47. The third-order valence-electron chi connectivity index (χ3n) is 3.07. The topological polar surface area (TPSA) is 69.9 Å². The number of rotatable bonds is 6. The van der Waals surface area contributed by atoms with Crippen LogP contribution in [0.5, 0.6) is 0 Å². The monoisotopic (exact) mass is 310 g/mol. The minimum absolute atomic E-state index is 0.0971. The highest BCUT2D eigenvalue weighted by molar-refractivity contribution is 7.15. The summed E-state index contributed by atoms with van der Waals surface area (Å²) < 4.78 is 1.94. The zero-order valence-electron chi connectivity index (χ0n) is 12.9. The highest BCUT2D eigenvalue weighted by atomic mass is 32.1. The van der Waals surface area contributed by atoms with Gasteiger partial charge in [0.1, 0.15) is 0 Å². The number of amides is 1. The van der Waals surface area contributed by atoms with E-state index in [1.807, 2.05) is 41.9 Å². The highest BCUT2D eigenvalue weighted by Crippen LogP contribution is 2.16. The zero-order valence-corrected chi connectivity index (χ0v) is 13.7. The minimum atomic E-state index is -0.936. The Morgan fingerprint density at radius 2 is 2.29 bits per heavy atom. The Morgan fingerprint density at radius 1 is 1.57 bits per heavy atom. The molecular formula is C14H22N4O2S. The molecule has 0 radical (unpaired) electrons. The number of aryl methyl sites for hydroxylation is 1. The van der Waals surface area contributed by atoms with Gasteiger partial charge in [-0.15, -0.1) is 11.3 Å². The molecule has 0 bridgehead atoms. The number of aromatic nitrogens is 2. The lowest BCUT2D eigenvalue weighted by molar-refractivity contribution is -0.121. The van der Waals surface area contributed by atoms with Crippen LogP contribution < -0.4 is 5.32 Å². The molecule has 0 saturated heterocycles. The number of hydrogen-bond donors (Lipinski definition) is 2. The maximum Gasteiger partial charge on any atom is 0.226 e. The van der Waals surface area contributed by atoms with Gasteiger partial charge in [-0.2, -0.15) is 0 Å². The number of carbonyl (C=O) groups is 1. The Kier molecular flexibility index (Phi) is 4.65. The molecule has 2 rings (SSSR count). The van der Waals surface area contributed by atoms with Crippen molar-refractivity contribution >= 4 is 22.2 Å². The van der Waals surface area contributed by atoms with E-state index in [9.17, 15) is 9.90 Å². The molecule has 0 fully saturated rings.